The van der Waals surface area contributed by atoms with E-state index in [2.05, 4.69) is 23.3 Å². The molecule has 2 amide bonds. The van der Waals surface area contributed by atoms with Crippen molar-refractivity contribution in [1.82, 2.24) is 9.88 Å². The molecule has 0 bridgehead atoms. The largest absolute Gasteiger partial charge is 0.457 e. The number of nitrogens with zero attached hydrogens (tertiary/aromatic N) is 2. The molecule has 0 aliphatic carbocycles. The van der Waals surface area contributed by atoms with Crippen LogP contribution in [0.25, 0.3) is 10.9 Å². The Labute approximate surface area is 205 Å². The SMILES string of the molecule is CCCCC(=O)Nc1ccc(Oc2ccc3[nH]cc(CC(N)C(=O)N4CCCC4C#N)c3c2)cc1. The van der Waals surface area contributed by atoms with Crippen molar-refractivity contribution in [1.29, 1.82) is 5.26 Å². The number of carbonyl (C=O) groups is 2. The van der Waals surface area contributed by atoms with Crippen molar-refractivity contribution in [3.63, 3.8) is 0 Å². The predicted octanol–water partition coefficient (Wildman–Crippen LogP) is 4.47. The standard InChI is InChI=1S/C27H31N5O3/c1-2-3-6-26(33)31-19-7-9-21(10-8-19)35-22-11-12-25-23(15-22)18(17-30-25)14-24(29)27(34)32-13-4-5-20(32)16-28/h7-12,15,17,20,24,30H,2-6,13-14,29H2,1H3,(H,31,33). The van der Waals surface area contributed by atoms with Crippen molar-refractivity contribution in [2.45, 2.75) is 57.5 Å². The Morgan fingerprint density at radius 1 is 1.26 bits per heavy atom. The van der Waals surface area contributed by atoms with E-state index in [1.54, 1.807) is 4.90 Å². The molecule has 4 rings (SSSR count). The number of nitrogens with one attached hydrogen (secondary N) is 2. The van der Waals surface area contributed by atoms with Crippen LogP contribution in [0.4, 0.5) is 5.69 Å². The van der Waals surface area contributed by atoms with Gasteiger partial charge in [-0.25, -0.2) is 0 Å². The van der Waals surface area contributed by atoms with Crippen LogP contribution in [0.3, 0.4) is 0 Å². The van der Waals surface area contributed by atoms with Gasteiger partial charge in [0.2, 0.25) is 11.8 Å². The lowest BCUT2D eigenvalue weighted by molar-refractivity contribution is -0.132. The predicted molar refractivity (Wildman–Crippen MR) is 135 cm³/mol. The van der Waals surface area contributed by atoms with Crippen molar-refractivity contribution in [2.75, 3.05) is 11.9 Å². The molecule has 35 heavy (non-hydrogen) atoms. The fourth-order valence-corrected chi connectivity index (χ4v) is 4.40. The number of ether oxygens (including phenoxy) is 1. The first-order valence-corrected chi connectivity index (χ1v) is 12.1. The molecule has 8 heteroatoms. The van der Waals surface area contributed by atoms with E-state index < -0.39 is 6.04 Å². The number of nitrogens with two attached hydrogens (primary N) is 1. The second-order valence-electron chi connectivity index (χ2n) is 8.93. The molecule has 2 aromatic carbocycles. The normalized spacial score (nSPS) is 16.1. The van der Waals surface area contributed by atoms with Gasteiger partial charge >= 0.3 is 0 Å². The van der Waals surface area contributed by atoms with Gasteiger partial charge in [-0.15, -0.1) is 0 Å². The average Bonchev–Trinajstić information content (AvgIpc) is 3.50. The molecule has 0 spiro atoms. The summed E-state index contributed by atoms with van der Waals surface area (Å²) in [6.07, 6.45) is 6.13. The summed E-state index contributed by atoms with van der Waals surface area (Å²) in [5.41, 5.74) is 8.84. The van der Waals surface area contributed by atoms with Gasteiger partial charge in [0.25, 0.3) is 0 Å². The van der Waals surface area contributed by atoms with Gasteiger partial charge in [-0.2, -0.15) is 5.26 Å². The maximum atomic E-state index is 12.8. The monoisotopic (exact) mass is 473 g/mol. The minimum Gasteiger partial charge on any atom is -0.457 e. The van der Waals surface area contributed by atoms with Crippen LogP contribution in [-0.4, -0.2) is 40.3 Å². The molecule has 1 saturated heterocycles. The molecule has 4 N–H and O–H groups in total. The number of H-pyrrole nitrogens is 1. The number of likely N-dealkylation sites (tertiary alicyclic amines) is 1. The lowest BCUT2D eigenvalue weighted by Crippen LogP contribution is -2.46. The molecule has 2 heterocycles. The number of hydrogen-bond donors (Lipinski definition) is 3. The minimum absolute atomic E-state index is 0.00974. The quantitative estimate of drug-likeness (QED) is 0.423. The zero-order valence-corrected chi connectivity index (χ0v) is 19.9. The van der Waals surface area contributed by atoms with E-state index in [1.165, 1.54) is 0 Å². The summed E-state index contributed by atoms with van der Waals surface area (Å²) in [5, 5.41) is 13.1. The average molecular weight is 474 g/mol. The summed E-state index contributed by atoms with van der Waals surface area (Å²) >= 11 is 0. The molecule has 1 aromatic heterocycles. The Hall–Kier alpha value is -3.83. The molecule has 2 unspecified atom stereocenters. The summed E-state index contributed by atoms with van der Waals surface area (Å²) in [6, 6.07) is 14.1. The van der Waals surface area contributed by atoms with Crippen LogP contribution < -0.4 is 15.8 Å². The van der Waals surface area contributed by atoms with E-state index in [0.29, 0.717) is 37.3 Å². The summed E-state index contributed by atoms with van der Waals surface area (Å²) in [5.74, 6) is 1.13. The molecular weight excluding hydrogens is 442 g/mol. The molecule has 3 aromatic rings. The van der Waals surface area contributed by atoms with Gasteiger partial charge in [0.15, 0.2) is 0 Å². The van der Waals surface area contributed by atoms with Crippen molar-refractivity contribution < 1.29 is 14.3 Å². The molecule has 1 fully saturated rings. The second kappa shape index (κ2) is 11.1. The molecule has 0 radical (unpaired) electrons. The molecule has 0 saturated carbocycles. The van der Waals surface area contributed by atoms with Crippen LogP contribution in [0.1, 0.15) is 44.6 Å². The van der Waals surface area contributed by atoms with Crippen molar-refractivity contribution in [3.8, 4) is 17.6 Å². The Morgan fingerprint density at radius 2 is 2.03 bits per heavy atom. The second-order valence-corrected chi connectivity index (χ2v) is 8.93. The molecule has 8 nitrogen and oxygen atoms in total. The van der Waals surface area contributed by atoms with Gasteiger partial charge in [0.1, 0.15) is 17.5 Å². The van der Waals surface area contributed by atoms with Crippen molar-refractivity contribution in [3.05, 3.63) is 54.2 Å². The van der Waals surface area contributed by atoms with Crippen LogP contribution in [0, 0.1) is 11.3 Å². The zero-order chi connectivity index (χ0) is 24.8. The molecule has 2 atom stereocenters. The van der Waals surface area contributed by atoms with Crippen LogP contribution in [0.2, 0.25) is 0 Å². The number of fused-ring (bicyclic) bond motifs is 1. The maximum Gasteiger partial charge on any atom is 0.240 e. The summed E-state index contributed by atoms with van der Waals surface area (Å²) < 4.78 is 6.03. The number of carbonyl (C=O) groups excluding carboxylic acids is 2. The maximum absolute atomic E-state index is 12.8. The summed E-state index contributed by atoms with van der Waals surface area (Å²) in [7, 11) is 0. The van der Waals surface area contributed by atoms with E-state index in [0.717, 1.165) is 41.4 Å². The van der Waals surface area contributed by atoms with Crippen LogP contribution in [-0.2, 0) is 16.0 Å². The van der Waals surface area contributed by atoms with Gasteiger partial charge in [0.05, 0.1) is 12.1 Å². The van der Waals surface area contributed by atoms with E-state index in [9.17, 15) is 14.9 Å². The van der Waals surface area contributed by atoms with E-state index in [1.807, 2.05) is 48.7 Å². The highest BCUT2D eigenvalue weighted by atomic mass is 16.5. The number of aromatic nitrogens is 1. The lowest BCUT2D eigenvalue weighted by atomic mass is 10.0. The number of benzene rings is 2. The zero-order valence-electron chi connectivity index (χ0n) is 19.9. The highest BCUT2D eigenvalue weighted by molar-refractivity contribution is 5.90. The third-order valence-corrected chi connectivity index (χ3v) is 6.31. The molecule has 1 aliphatic rings. The summed E-state index contributed by atoms with van der Waals surface area (Å²) in [4.78, 5) is 29.6. The van der Waals surface area contributed by atoms with E-state index >= 15 is 0 Å². The number of hydrogen-bond acceptors (Lipinski definition) is 5. The van der Waals surface area contributed by atoms with Gasteiger partial charge in [-0.3, -0.25) is 9.59 Å². The van der Waals surface area contributed by atoms with E-state index in [4.69, 9.17) is 10.5 Å². The number of nitriles is 1. The minimum atomic E-state index is -0.715. The van der Waals surface area contributed by atoms with Gasteiger partial charge in [0, 0.05) is 35.8 Å². The highest BCUT2D eigenvalue weighted by Gasteiger charge is 2.31. The first kappa shape index (κ1) is 24.3. The lowest BCUT2D eigenvalue weighted by Gasteiger charge is -2.23. The number of amides is 2. The Balaban J connectivity index is 1.42. The topological polar surface area (TPSA) is 124 Å². The van der Waals surface area contributed by atoms with Crippen LogP contribution in [0.5, 0.6) is 11.5 Å². The number of rotatable bonds is 9. The highest BCUT2D eigenvalue weighted by Crippen LogP contribution is 2.29. The first-order valence-electron chi connectivity index (χ1n) is 12.1. The molecular formula is C27H31N5O3. The first-order chi connectivity index (χ1) is 17.0. The number of anilines is 1. The Morgan fingerprint density at radius 3 is 2.77 bits per heavy atom. The Bertz CT molecular complexity index is 1230. The van der Waals surface area contributed by atoms with Gasteiger partial charge < -0.3 is 25.7 Å². The van der Waals surface area contributed by atoms with Crippen LogP contribution >= 0.6 is 0 Å². The van der Waals surface area contributed by atoms with E-state index in [-0.39, 0.29) is 17.9 Å². The molecule has 1 aliphatic heterocycles. The van der Waals surface area contributed by atoms with Crippen molar-refractivity contribution >= 4 is 28.4 Å². The smallest absolute Gasteiger partial charge is 0.240 e. The van der Waals surface area contributed by atoms with Crippen molar-refractivity contribution in [2.24, 2.45) is 5.73 Å². The fourth-order valence-electron chi connectivity index (χ4n) is 4.40. The summed E-state index contributed by atoms with van der Waals surface area (Å²) in [6.45, 7) is 2.64. The van der Waals surface area contributed by atoms with Crippen LogP contribution in [0.15, 0.2) is 48.7 Å². The third kappa shape index (κ3) is 5.81. The number of aromatic amines is 1. The van der Waals surface area contributed by atoms with Gasteiger partial charge in [-0.05, 0) is 73.7 Å². The fraction of sp³-hybridized carbons (Fsp3) is 0.370. The number of unbranched alkanes of at least 4 members (excludes halogenated alkanes) is 1. The Kier molecular flexibility index (Phi) is 7.68. The third-order valence-electron chi connectivity index (χ3n) is 6.31. The molecule has 182 valence electrons. The van der Waals surface area contributed by atoms with Gasteiger partial charge in [-0.1, -0.05) is 13.3 Å².